The van der Waals surface area contributed by atoms with Crippen LogP contribution in [0.3, 0.4) is 0 Å². The molecule has 2 saturated heterocycles. The van der Waals surface area contributed by atoms with Crippen LogP contribution in [-0.4, -0.2) is 55.3 Å². The molecule has 3 heterocycles. The van der Waals surface area contributed by atoms with E-state index in [1.807, 2.05) is 4.90 Å². The lowest BCUT2D eigenvalue weighted by Crippen LogP contribution is -2.48. The Hall–Kier alpha value is -1.05. The van der Waals surface area contributed by atoms with Gasteiger partial charge in [0.1, 0.15) is 5.82 Å². The van der Waals surface area contributed by atoms with Gasteiger partial charge in [0, 0.05) is 45.5 Å². The van der Waals surface area contributed by atoms with E-state index in [4.69, 9.17) is 16.3 Å². The summed E-state index contributed by atoms with van der Waals surface area (Å²) in [5, 5.41) is 0.0485. The highest BCUT2D eigenvalue weighted by molar-refractivity contribution is 6.33. The Balaban J connectivity index is 1.59. The van der Waals surface area contributed by atoms with Crippen molar-refractivity contribution in [2.24, 2.45) is 0 Å². The van der Waals surface area contributed by atoms with Gasteiger partial charge in [0.15, 0.2) is 0 Å². The molecule has 0 amide bonds. The van der Waals surface area contributed by atoms with Crippen LogP contribution in [0.1, 0.15) is 18.4 Å². The second kappa shape index (κ2) is 6.83. The van der Waals surface area contributed by atoms with Gasteiger partial charge in [0.05, 0.1) is 16.7 Å². The molecule has 3 rings (SSSR count). The maximum Gasteiger partial charge on any atom is 0.417 e. The van der Waals surface area contributed by atoms with Gasteiger partial charge in [-0.3, -0.25) is 4.90 Å². The fraction of sp³-hybridized carbons (Fsp3) is 0.667. The van der Waals surface area contributed by atoms with Crippen LogP contribution in [0, 0.1) is 0 Å². The van der Waals surface area contributed by atoms with E-state index in [1.54, 1.807) is 0 Å². The number of pyridine rings is 1. The number of hydrogen-bond donors (Lipinski definition) is 0. The third-order valence-corrected chi connectivity index (χ3v) is 4.58. The molecule has 2 aliphatic rings. The lowest BCUT2D eigenvalue weighted by Gasteiger charge is -2.36. The minimum Gasteiger partial charge on any atom is -0.377 e. The quantitative estimate of drug-likeness (QED) is 0.838. The zero-order chi connectivity index (χ0) is 16.4. The molecule has 23 heavy (non-hydrogen) atoms. The minimum atomic E-state index is -4.42. The highest BCUT2D eigenvalue weighted by Gasteiger charge is 2.32. The molecule has 0 saturated carbocycles. The Labute approximate surface area is 138 Å². The Morgan fingerprint density at radius 3 is 2.57 bits per heavy atom. The van der Waals surface area contributed by atoms with Crippen LogP contribution in [-0.2, 0) is 10.9 Å². The summed E-state index contributed by atoms with van der Waals surface area (Å²) in [7, 11) is 0. The predicted molar refractivity (Wildman–Crippen MR) is 81.9 cm³/mol. The zero-order valence-electron chi connectivity index (χ0n) is 12.7. The molecule has 128 valence electrons. The smallest absolute Gasteiger partial charge is 0.377 e. The van der Waals surface area contributed by atoms with E-state index < -0.39 is 11.7 Å². The van der Waals surface area contributed by atoms with Crippen LogP contribution in [0.25, 0.3) is 0 Å². The summed E-state index contributed by atoms with van der Waals surface area (Å²) < 4.78 is 43.6. The lowest BCUT2D eigenvalue weighted by molar-refractivity contribution is -0.137. The molecule has 0 N–H and O–H groups in total. The lowest BCUT2D eigenvalue weighted by atomic mass is 10.2. The summed E-state index contributed by atoms with van der Waals surface area (Å²) in [4.78, 5) is 8.19. The summed E-state index contributed by atoms with van der Waals surface area (Å²) in [5.74, 6) is 0.427. The van der Waals surface area contributed by atoms with Gasteiger partial charge in [0.25, 0.3) is 0 Å². The molecule has 2 aliphatic heterocycles. The highest BCUT2D eigenvalue weighted by atomic mass is 35.5. The van der Waals surface area contributed by atoms with Crippen molar-refractivity contribution in [2.75, 3.05) is 44.2 Å². The number of aromatic nitrogens is 1. The van der Waals surface area contributed by atoms with Gasteiger partial charge in [-0.05, 0) is 18.9 Å². The van der Waals surface area contributed by atoms with Gasteiger partial charge < -0.3 is 9.64 Å². The number of piperazine rings is 1. The molecule has 1 aromatic rings. The first-order chi connectivity index (χ1) is 10.9. The van der Waals surface area contributed by atoms with E-state index in [1.165, 1.54) is 0 Å². The van der Waals surface area contributed by atoms with Crippen molar-refractivity contribution in [1.82, 2.24) is 9.88 Å². The van der Waals surface area contributed by atoms with Gasteiger partial charge in [-0.1, -0.05) is 11.6 Å². The third-order valence-electron chi connectivity index (χ3n) is 4.31. The maximum absolute atomic E-state index is 12.7. The van der Waals surface area contributed by atoms with Crippen molar-refractivity contribution in [3.8, 4) is 0 Å². The number of halogens is 4. The Kier molecular flexibility index (Phi) is 4.98. The summed E-state index contributed by atoms with van der Waals surface area (Å²) in [6.45, 7) is 4.82. The van der Waals surface area contributed by atoms with Crippen molar-refractivity contribution in [2.45, 2.75) is 25.1 Å². The SMILES string of the molecule is FC(F)(F)c1cnc(N2CCN(CC3CCCO3)CC2)c(Cl)c1. The van der Waals surface area contributed by atoms with E-state index in [-0.39, 0.29) is 5.02 Å². The van der Waals surface area contributed by atoms with Crippen LogP contribution in [0.5, 0.6) is 0 Å². The van der Waals surface area contributed by atoms with Gasteiger partial charge in [0.2, 0.25) is 0 Å². The van der Waals surface area contributed by atoms with Crippen molar-refractivity contribution in [3.05, 3.63) is 22.8 Å². The number of rotatable bonds is 3. The molecular weight excluding hydrogens is 331 g/mol. The number of nitrogens with zero attached hydrogens (tertiary/aromatic N) is 3. The molecule has 1 atom stereocenters. The molecule has 0 bridgehead atoms. The Morgan fingerprint density at radius 2 is 2.00 bits per heavy atom. The molecule has 0 aliphatic carbocycles. The summed E-state index contributed by atoms with van der Waals surface area (Å²) in [6.07, 6.45) is -1.04. The van der Waals surface area contributed by atoms with Crippen LogP contribution >= 0.6 is 11.6 Å². The number of hydrogen-bond acceptors (Lipinski definition) is 4. The number of anilines is 1. The van der Waals surface area contributed by atoms with Gasteiger partial charge in [-0.25, -0.2) is 4.98 Å². The summed E-state index contributed by atoms with van der Waals surface area (Å²) >= 11 is 6.00. The van der Waals surface area contributed by atoms with Crippen molar-refractivity contribution >= 4 is 17.4 Å². The van der Waals surface area contributed by atoms with E-state index in [0.29, 0.717) is 25.0 Å². The number of ether oxygens (including phenoxy) is 1. The standard InChI is InChI=1S/C15H19ClF3N3O/c16-13-8-11(15(17,18)19)9-20-14(13)22-5-3-21(4-6-22)10-12-2-1-7-23-12/h8-9,12H,1-7,10H2. The first-order valence-electron chi connectivity index (χ1n) is 7.75. The van der Waals surface area contributed by atoms with Crippen LogP contribution in [0.2, 0.25) is 5.02 Å². The minimum absolute atomic E-state index is 0.0485. The first kappa shape index (κ1) is 16.8. The molecule has 1 aromatic heterocycles. The molecule has 0 spiro atoms. The second-order valence-corrected chi connectivity index (χ2v) is 6.36. The molecule has 4 nitrogen and oxygen atoms in total. The highest BCUT2D eigenvalue weighted by Crippen LogP contribution is 2.33. The second-order valence-electron chi connectivity index (χ2n) is 5.95. The van der Waals surface area contributed by atoms with Gasteiger partial charge in [-0.2, -0.15) is 13.2 Å². The molecule has 1 unspecified atom stereocenters. The summed E-state index contributed by atoms with van der Waals surface area (Å²) in [6, 6.07) is 0.947. The molecule has 0 radical (unpaired) electrons. The van der Waals surface area contributed by atoms with Crippen LogP contribution in [0.15, 0.2) is 12.3 Å². The van der Waals surface area contributed by atoms with Gasteiger partial charge in [-0.15, -0.1) is 0 Å². The Bertz CT molecular complexity index is 541. The third kappa shape index (κ3) is 4.08. The average molecular weight is 350 g/mol. The van der Waals surface area contributed by atoms with Crippen molar-refractivity contribution in [3.63, 3.8) is 0 Å². The van der Waals surface area contributed by atoms with E-state index in [9.17, 15) is 13.2 Å². The zero-order valence-corrected chi connectivity index (χ0v) is 13.4. The fourth-order valence-electron chi connectivity index (χ4n) is 3.04. The molecule has 2 fully saturated rings. The average Bonchev–Trinajstić information content (AvgIpc) is 3.00. The fourth-order valence-corrected chi connectivity index (χ4v) is 3.32. The van der Waals surface area contributed by atoms with Gasteiger partial charge >= 0.3 is 6.18 Å². The Morgan fingerprint density at radius 1 is 1.26 bits per heavy atom. The van der Waals surface area contributed by atoms with Crippen molar-refractivity contribution in [1.29, 1.82) is 0 Å². The largest absolute Gasteiger partial charge is 0.417 e. The number of alkyl halides is 3. The summed E-state index contributed by atoms with van der Waals surface area (Å²) in [5.41, 5.74) is -0.816. The predicted octanol–water partition coefficient (Wildman–Crippen LogP) is 3.05. The van der Waals surface area contributed by atoms with E-state index in [2.05, 4.69) is 9.88 Å². The topological polar surface area (TPSA) is 28.6 Å². The molecule has 0 aromatic carbocycles. The van der Waals surface area contributed by atoms with Crippen LogP contribution in [0.4, 0.5) is 19.0 Å². The first-order valence-corrected chi connectivity index (χ1v) is 8.13. The maximum atomic E-state index is 12.7. The van der Waals surface area contributed by atoms with E-state index in [0.717, 1.165) is 51.3 Å². The normalized spacial score (nSPS) is 23.5. The van der Waals surface area contributed by atoms with Crippen molar-refractivity contribution < 1.29 is 17.9 Å². The monoisotopic (exact) mass is 349 g/mol. The van der Waals surface area contributed by atoms with E-state index >= 15 is 0 Å². The van der Waals surface area contributed by atoms with Crippen LogP contribution < -0.4 is 4.90 Å². The molecular formula is C15H19ClF3N3O. The molecule has 8 heteroatoms.